The molecule has 0 N–H and O–H groups in total. The van der Waals surface area contributed by atoms with Gasteiger partial charge in [-0.15, -0.1) is 0 Å². The normalized spacial score (nSPS) is 11.8. The number of aryl methyl sites for hydroxylation is 1. The van der Waals surface area contributed by atoms with Crippen LogP contribution in [0, 0.1) is 0 Å². The maximum Gasteiger partial charge on any atom is 0.0746 e. The fourth-order valence-corrected chi connectivity index (χ4v) is 3.01. The zero-order valence-corrected chi connectivity index (χ0v) is 10.2. The van der Waals surface area contributed by atoms with Crippen molar-refractivity contribution in [2.75, 3.05) is 18.1 Å². The summed E-state index contributed by atoms with van der Waals surface area (Å²) in [4.78, 5) is 2.29. The molecular weight excluding hydrogens is 178 g/mol. The van der Waals surface area contributed by atoms with Gasteiger partial charge in [0.2, 0.25) is 0 Å². The summed E-state index contributed by atoms with van der Waals surface area (Å²) in [5.41, 5.74) is 1.21. The van der Waals surface area contributed by atoms with Crippen LogP contribution in [-0.4, -0.2) is 31.1 Å². The summed E-state index contributed by atoms with van der Waals surface area (Å²) in [6.45, 7) is 7.12. The second-order valence-electron chi connectivity index (χ2n) is 4.79. The highest BCUT2D eigenvalue weighted by Gasteiger charge is 2.16. The van der Waals surface area contributed by atoms with Gasteiger partial charge in [-0.25, -0.2) is 0 Å². The molecule has 1 heterocycles. The third kappa shape index (κ3) is 3.22. The molecule has 0 spiro atoms. The number of nitrogens with zero attached hydrogens (tertiary/aromatic N) is 3. The van der Waals surface area contributed by atoms with Gasteiger partial charge in [0.25, 0.3) is 0 Å². The molecule has 1 aromatic heterocycles. The molecule has 0 aliphatic rings. The summed E-state index contributed by atoms with van der Waals surface area (Å²) in [5.74, 6) is 0. The van der Waals surface area contributed by atoms with E-state index < -0.39 is 8.07 Å². The number of hydrogen-bond donors (Lipinski definition) is 0. The van der Waals surface area contributed by atoms with Crippen LogP contribution in [0.4, 0.5) is 5.69 Å². The Hall–Kier alpha value is -0.773. The quantitative estimate of drug-likeness (QED) is 0.688. The van der Waals surface area contributed by atoms with Crippen LogP contribution in [0.3, 0.4) is 0 Å². The molecular formula is C9H19N3Si. The predicted octanol–water partition coefficient (Wildman–Crippen LogP) is 1.73. The molecule has 74 valence electrons. The van der Waals surface area contributed by atoms with E-state index in [1.807, 2.05) is 17.9 Å². The van der Waals surface area contributed by atoms with Crippen molar-refractivity contribution in [3.05, 3.63) is 12.4 Å². The van der Waals surface area contributed by atoms with Crippen molar-refractivity contribution in [2.45, 2.75) is 19.6 Å². The van der Waals surface area contributed by atoms with Crippen LogP contribution in [0.1, 0.15) is 0 Å². The fourth-order valence-electron chi connectivity index (χ4n) is 1.41. The van der Waals surface area contributed by atoms with Gasteiger partial charge < -0.3 is 4.90 Å². The molecule has 0 saturated heterocycles. The summed E-state index contributed by atoms with van der Waals surface area (Å²) in [5, 5.41) is 4.16. The molecule has 0 fully saturated rings. The van der Waals surface area contributed by atoms with E-state index in [4.69, 9.17) is 0 Å². The van der Waals surface area contributed by atoms with Gasteiger partial charge in [-0.1, -0.05) is 19.6 Å². The summed E-state index contributed by atoms with van der Waals surface area (Å²) < 4.78 is 1.84. The van der Waals surface area contributed by atoms with Crippen LogP contribution in [0.2, 0.25) is 19.6 Å². The smallest absolute Gasteiger partial charge is 0.0746 e. The van der Waals surface area contributed by atoms with Crippen molar-refractivity contribution in [1.29, 1.82) is 0 Å². The Morgan fingerprint density at radius 1 is 1.46 bits per heavy atom. The predicted molar refractivity (Wildman–Crippen MR) is 59.8 cm³/mol. The van der Waals surface area contributed by atoms with Crippen LogP contribution in [0.5, 0.6) is 0 Å². The van der Waals surface area contributed by atoms with Gasteiger partial charge in [-0.05, 0) is 0 Å². The molecule has 1 aromatic rings. The standard InChI is InChI=1S/C9H19N3Si/c1-11(8-13(3,4)5)9-6-10-12(2)7-9/h6-7H,8H2,1-5H3. The molecule has 0 atom stereocenters. The summed E-state index contributed by atoms with van der Waals surface area (Å²) in [6, 6.07) is 0. The van der Waals surface area contributed by atoms with Crippen LogP contribution in [0.25, 0.3) is 0 Å². The molecule has 0 aliphatic carbocycles. The Morgan fingerprint density at radius 3 is 2.46 bits per heavy atom. The van der Waals surface area contributed by atoms with Crippen molar-refractivity contribution in [3.63, 3.8) is 0 Å². The third-order valence-corrected chi connectivity index (χ3v) is 3.27. The summed E-state index contributed by atoms with van der Waals surface area (Å²) >= 11 is 0. The largest absolute Gasteiger partial charge is 0.375 e. The van der Waals surface area contributed by atoms with Crippen LogP contribution in [0.15, 0.2) is 12.4 Å². The van der Waals surface area contributed by atoms with Crippen molar-refractivity contribution in [2.24, 2.45) is 7.05 Å². The lowest BCUT2D eigenvalue weighted by Gasteiger charge is -2.25. The number of rotatable bonds is 3. The molecule has 0 aliphatic heterocycles. The highest BCUT2D eigenvalue weighted by atomic mass is 28.3. The van der Waals surface area contributed by atoms with E-state index in [9.17, 15) is 0 Å². The van der Waals surface area contributed by atoms with Gasteiger partial charge in [0, 0.05) is 26.5 Å². The number of aromatic nitrogens is 2. The first-order valence-corrected chi connectivity index (χ1v) is 8.29. The van der Waals surface area contributed by atoms with Gasteiger partial charge in [-0.3, -0.25) is 4.68 Å². The zero-order valence-electron chi connectivity index (χ0n) is 9.20. The Balaban J connectivity index is 2.64. The molecule has 0 aromatic carbocycles. The van der Waals surface area contributed by atoms with Crippen LogP contribution < -0.4 is 4.90 Å². The molecule has 0 bridgehead atoms. The molecule has 0 radical (unpaired) electrons. The van der Waals surface area contributed by atoms with Gasteiger partial charge in [-0.2, -0.15) is 5.10 Å². The highest BCUT2D eigenvalue weighted by Crippen LogP contribution is 2.13. The summed E-state index contributed by atoms with van der Waals surface area (Å²) in [6.07, 6.45) is 5.15. The van der Waals surface area contributed by atoms with Crippen molar-refractivity contribution < 1.29 is 0 Å². The average Bonchev–Trinajstić information content (AvgIpc) is 2.31. The minimum atomic E-state index is -1.00. The molecule has 13 heavy (non-hydrogen) atoms. The number of hydrogen-bond acceptors (Lipinski definition) is 2. The molecule has 0 saturated carbocycles. The maximum atomic E-state index is 4.16. The van der Waals surface area contributed by atoms with Crippen molar-refractivity contribution in [1.82, 2.24) is 9.78 Å². The maximum absolute atomic E-state index is 4.16. The van der Waals surface area contributed by atoms with Gasteiger partial charge in [0.05, 0.1) is 20.0 Å². The van der Waals surface area contributed by atoms with Crippen LogP contribution in [-0.2, 0) is 7.05 Å². The summed E-state index contributed by atoms with van der Waals surface area (Å²) in [7, 11) is 3.08. The highest BCUT2D eigenvalue weighted by molar-refractivity contribution is 6.76. The third-order valence-electron chi connectivity index (χ3n) is 1.84. The van der Waals surface area contributed by atoms with Crippen LogP contribution >= 0.6 is 0 Å². The minimum Gasteiger partial charge on any atom is -0.375 e. The lowest BCUT2D eigenvalue weighted by atomic mass is 10.5. The molecule has 3 nitrogen and oxygen atoms in total. The van der Waals surface area contributed by atoms with Crippen molar-refractivity contribution >= 4 is 13.8 Å². The van der Waals surface area contributed by atoms with E-state index in [0.29, 0.717) is 0 Å². The molecule has 4 heteroatoms. The Labute approximate surface area is 81.4 Å². The molecule has 0 unspecified atom stereocenters. The van der Waals surface area contributed by atoms with E-state index in [1.54, 1.807) is 0 Å². The SMILES string of the molecule is CN(C[Si](C)(C)C)c1cnn(C)c1. The first-order valence-electron chi connectivity index (χ1n) is 4.58. The van der Waals surface area contributed by atoms with E-state index in [2.05, 4.69) is 42.9 Å². The first-order chi connectivity index (χ1) is 5.88. The van der Waals surface area contributed by atoms with E-state index in [0.717, 1.165) is 0 Å². The van der Waals surface area contributed by atoms with Gasteiger partial charge in [0.15, 0.2) is 0 Å². The minimum absolute atomic E-state index is 1.00. The number of anilines is 1. The van der Waals surface area contributed by atoms with E-state index >= 15 is 0 Å². The lowest BCUT2D eigenvalue weighted by molar-refractivity contribution is 0.767. The molecule has 1 rings (SSSR count). The Bertz CT molecular complexity index is 275. The van der Waals surface area contributed by atoms with E-state index in [-0.39, 0.29) is 0 Å². The van der Waals surface area contributed by atoms with Gasteiger partial charge >= 0.3 is 0 Å². The Morgan fingerprint density at radius 2 is 2.08 bits per heavy atom. The second-order valence-corrected chi connectivity index (χ2v) is 10.2. The monoisotopic (exact) mass is 197 g/mol. The lowest BCUT2D eigenvalue weighted by Crippen LogP contribution is -2.37. The van der Waals surface area contributed by atoms with Crippen molar-refractivity contribution in [3.8, 4) is 0 Å². The first kappa shape index (κ1) is 10.3. The fraction of sp³-hybridized carbons (Fsp3) is 0.667. The molecule has 0 amide bonds. The Kier molecular flexibility index (Phi) is 2.80. The topological polar surface area (TPSA) is 21.1 Å². The second kappa shape index (κ2) is 3.53. The van der Waals surface area contributed by atoms with E-state index in [1.165, 1.54) is 11.9 Å². The average molecular weight is 197 g/mol. The van der Waals surface area contributed by atoms with Gasteiger partial charge in [0.1, 0.15) is 0 Å². The zero-order chi connectivity index (χ0) is 10.1.